The summed E-state index contributed by atoms with van der Waals surface area (Å²) in [6, 6.07) is 0. The monoisotopic (exact) mass is 280 g/mol. The minimum Gasteiger partial charge on any atom is -0.349 e. The summed E-state index contributed by atoms with van der Waals surface area (Å²) in [7, 11) is 1.67. The van der Waals surface area contributed by atoms with Gasteiger partial charge in [-0.1, -0.05) is 25.5 Å². The average Bonchev–Trinajstić information content (AvgIpc) is 2.79. The van der Waals surface area contributed by atoms with Crippen molar-refractivity contribution in [3.8, 4) is 0 Å². The van der Waals surface area contributed by atoms with Crippen LogP contribution in [0.25, 0.3) is 0 Å². The van der Waals surface area contributed by atoms with E-state index in [0.29, 0.717) is 11.8 Å². The molecule has 3 rings (SSSR count). The van der Waals surface area contributed by atoms with Gasteiger partial charge in [0.1, 0.15) is 0 Å². The molecule has 2 aliphatic carbocycles. The van der Waals surface area contributed by atoms with E-state index in [1.165, 1.54) is 18.4 Å². The number of ether oxygens (including phenoxy) is 2. The molecule has 4 unspecified atom stereocenters. The molecule has 4 heteroatoms. The molecule has 1 fully saturated rings. The molecule has 0 amide bonds. The van der Waals surface area contributed by atoms with Gasteiger partial charge in [0.05, 0.1) is 0 Å². The lowest BCUT2D eigenvalue weighted by Crippen LogP contribution is -2.51. The zero-order valence-corrected chi connectivity index (χ0v) is 12.7. The average molecular weight is 280 g/mol. The first-order valence-electron chi connectivity index (χ1n) is 7.36. The fourth-order valence-corrected chi connectivity index (χ4v) is 4.47. The molecule has 4 nitrogen and oxygen atoms in total. The first kappa shape index (κ1) is 14.3. The van der Waals surface area contributed by atoms with Crippen LogP contribution in [0.3, 0.4) is 0 Å². The number of rotatable bonds is 2. The molecule has 0 aromatic carbocycles. The van der Waals surface area contributed by atoms with Crippen LogP contribution in [-0.4, -0.2) is 24.4 Å². The summed E-state index contributed by atoms with van der Waals surface area (Å²) in [5, 5.41) is 8.96. The van der Waals surface area contributed by atoms with Crippen molar-refractivity contribution in [2.45, 2.75) is 52.1 Å². The lowest BCUT2D eigenvalue weighted by Gasteiger charge is -2.52. The number of methoxy groups -OCH3 is 1. The van der Waals surface area contributed by atoms with Crippen LogP contribution in [0.2, 0.25) is 0 Å². The van der Waals surface area contributed by atoms with Gasteiger partial charge in [-0.05, 0) is 48.7 Å². The maximum atomic E-state index is 8.96. The van der Waals surface area contributed by atoms with Gasteiger partial charge in [-0.15, -0.1) is 0 Å². The summed E-state index contributed by atoms with van der Waals surface area (Å²) in [6.07, 6.45) is 6.69. The summed E-state index contributed by atoms with van der Waals surface area (Å²) >= 11 is 0. The van der Waals surface area contributed by atoms with Gasteiger partial charge in [0.15, 0.2) is 5.79 Å². The molecule has 0 saturated heterocycles. The van der Waals surface area contributed by atoms with Crippen molar-refractivity contribution in [2.24, 2.45) is 17.3 Å². The lowest BCUT2D eigenvalue weighted by atomic mass is 9.56. The topological polar surface area (TPSA) is 47.9 Å². The highest BCUT2D eigenvalue weighted by atomic mass is 17.1. The van der Waals surface area contributed by atoms with Crippen molar-refractivity contribution in [3.63, 3.8) is 0 Å². The second-order valence-electron chi connectivity index (χ2n) is 6.88. The van der Waals surface area contributed by atoms with Crippen LogP contribution in [0.1, 0.15) is 40.0 Å². The second-order valence-corrected chi connectivity index (χ2v) is 6.88. The molecule has 0 aromatic rings. The van der Waals surface area contributed by atoms with E-state index in [1.54, 1.807) is 7.11 Å². The van der Waals surface area contributed by atoms with E-state index in [1.807, 2.05) is 6.08 Å². The Labute approximate surface area is 120 Å². The standard InChI is InChI=1S/C16H24O4/c1-10-5-6-12-11(7-10)9-16(18-4)13(15(12,2)3)8-14(19-16)20-17/h7-8,11-12,14,17H,5-6,9H2,1-4H3. The van der Waals surface area contributed by atoms with Gasteiger partial charge in [-0.3, -0.25) is 0 Å². The highest BCUT2D eigenvalue weighted by Gasteiger charge is 2.58. The van der Waals surface area contributed by atoms with Crippen LogP contribution < -0.4 is 0 Å². The number of allylic oxidation sites excluding steroid dienone is 2. The van der Waals surface area contributed by atoms with Crippen LogP contribution in [0, 0.1) is 17.3 Å². The second kappa shape index (κ2) is 4.67. The molecular formula is C16H24O4. The largest absolute Gasteiger partial charge is 0.349 e. The maximum absolute atomic E-state index is 8.96. The molecular weight excluding hydrogens is 256 g/mol. The van der Waals surface area contributed by atoms with Gasteiger partial charge in [0.2, 0.25) is 6.29 Å². The summed E-state index contributed by atoms with van der Waals surface area (Å²) in [4.78, 5) is 4.40. The Morgan fingerprint density at radius 1 is 1.35 bits per heavy atom. The predicted molar refractivity (Wildman–Crippen MR) is 74.8 cm³/mol. The molecule has 3 aliphatic rings. The summed E-state index contributed by atoms with van der Waals surface area (Å²) < 4.78 is 11.6. The molecule has 1 heterocycles. The summed E-state index contributed by atoms with van der Waals surface area (Å²) in [5.74, 6) is 0.279. The number of hydrogen-bond acceptors (Lipinski definition) is 4. The number of fused-ring (bicyclic) bond motifs is 2. The van der Waals surface area contributed by atoms with Crippen LogP contribution in [0.5, 0.6) is 0 Å². The third-order valence-electron chi connectivity index (χ3n) is 5.44. The van der Waals surface area contributed by atoms with E-state index in [9.17, 15) is 0 Å². The summed E-state index contributed by atoms with van der Waals surface area (Å²) in [5.41, 5.74) is 2.54. The molecule has 0 bridgehead atoms. The van der Waals surface area contributed by atoms with E-state index >= 15 is 0 Å². The van der Waals surface area contributed by atoms with Gasteiger partial charge in [-0.25, -0.2) is 10.1 Å². The smallest absolute Gasteiger partial charge is 0.213 e. The van der Waals surface area contributed by atoms with E-state index in [0.717, 1.165) is 12.0 Å². The van der Waals surface area contributed by atoms with Gasteiger partial charge in [0, 0.05) is 13.5 Å². The van der Waals surface area contributed by atoms with Crippen molar-refractivity contribution in [2.75, 3.05) is 7.11 Å². The first-order valence-corrected chi connectivity index (χ1v) is 7.36. The van der Waals surface area contributed by atoms with Gasteiger partial charge < -0.3 is 9.47 Å². The Balaban J connectivity index is 2.04. The quantitative estimate of drug-likeness (QED) is 0.478. The van der Waals surface area contributed by atoms with Crippen molar-refractivity contribution in [1.29, 1.82) is 0 Å². The molecule has 1 aliphatic heterocycles. The fraction of sp³-hybridized carbons (Fsp3) is 0.750. The van der Waals surface area contributed by atoms with E-state index in [4.69, 9.17) is 14.7 Å². The summed E-state index contributed by atoms with van der Waals surface area (Å²) in [6.45, 7) is 6.70. The third kappa shape index (κ3) is 1.90. The van der Waals surface area contributed by atoms with Gasteiger partial charge >= 0.3 is 0 Å². The lowest BCUT2D eigenvalue weighted by molar-refractivity contribution is -0.368. The molecule has 1 N–H and O–H groups in total. The Kier molecular flexibility index (Phi) is 3.33. The minimum atomic E-state index is -0.758. The third-order valence-corrected chi connectivity index (χ3v) is 5.44. The SMILES string of the molecule is COC12CC3C=C(C)CCC3C(C)(C)C1=CC(OO)O2. The highest BCUT2D eigenvalue weighted by molar-refractivity contribution is 5.33. The Morgan fingerprint density at radius 2 is 2.10 bits per heavy atom. The van der Waals surface area contributed by atoms with Gasteiger partial charge in [0.25, 0.3) is 0 Å². The zero-order chi connectivity index (χ0) is 14.5. The van der Waals surface area contributed by atoms with Crippen molar-refractivity contribution >= 4 is 0 Å². The highest BCUT2D eigenvalue weighted by Crippen LogP contribution is 2.59. The maximum Gasteiger partial charge on any atom is 0.213 e. The van der Waals surface area contributed by atoms with Crippen molar-refractivity contribution in [1.82, 2.24) is 0 Å². The van der Waals surface area contributed by atoms with Crippen molar-refractivity contribution < 1.29 is 19.6 Å². The van der Waals surface area contributed by atoms with Crippen LogP contribution in [-0.2, 0) is 14.4 Å². The van der Waals surface area contributed by atoms with Crippen LogP contribution in [0.15, 0.2) is 23.3 Å². The molecule has 0 aromatic heterocycles. The molecule has 0 spiro atoms. The molecule has 20 heavy (non-hydrogen) atoms. The minimum absolute atomic E-state index is 0.0244. The first-order chi connectivity index (χ1) is 9.43. The van der Waals surface area contributed by atoms with E-state index in [2.05, 4.69) is 31.7 Å². The normalized spacial score (nSPS) is 42.5. The van der Waals surface area contributed by atoms with E-state index in [-0.39, 0.29) is 5.41 Å². The Morgan fingerprint density at radius 3 is 2.75 bits per heavy atom. The molecule has 4 atom stereocenters. The van der Waals surface area contributed by atoms with Crippen molar-refractivity contribution in [3.05, 3.63) is 23.3 Å². The molecule has 0 radical (unpaired) electrons. The predicted octanol–water partition coefficient (Wildman–Crippen LogP) is 3.50. The van der Waals surface area contributed by atoms with Crippen LogP contribution in [0.4, 0.5) is 0 Å². The van der Waals surface area contributed by atoms with Gasteiger partial charge in [-0.2, -0.15) is 0 Å². The molecule has 112 valence electrons. The Bertz CT molecular complexity index is 465. The number of hydrogen-bond donors (Lipinski definition) is 1. The van der Waals surface area contributed by atoms with Crippen LogP contribution >= 0.6 is 0 Å². The molecule has 1 saturated carbocycles. The zero-order valence-electron chi connectivity index (χ0n) is 12.7. The fourth-order valence-electron chi connectivity index (χ4n) is 4.47. The van der Waals surface area contributed by atoms with E-state index < -0.39 is 12.1 Å². The Hall–Kier alpha value is -0.680.